The van der Waals surface area contributed by atoms with Gasteiger partial charge >= 0.3 is 5.97 Å². The first kappa shape index (κ1) is 17.3. The fourth-order valence-corrected chi connectivity index (χ4v) is 2.72. The minimum absolute atomic E-state index is 0.0474. The summed E-state index contributed by atoms with van der Waals surface area (Å²) in [7, 11) is 0. The standard InChI is InChI=1S/C16H25NO4/c1-7-11-10(14(19)20)8-12(21-11)13(18)17-16(5,6)9-15(2,3)4/h8H,7,9H2,1-6H3,(H,17,18)(H,19,20). The van der Waals surface area contributed by atoms with Crippen LogP contribution in [-0.2, 0) is 6.42 Å². The molecule has 1 amide bonds. The first-order valence-electron chi connectivity index (χ1n) is 7.14. The van der Waals surface area contributed by atoms with Crippen molar-refractivity contribution in [3.63, 3.8) is 0 Å². The van der Waals surface area contributed by atoms with Crippen LogP contribution in [0.15, 0.2) is 10.5 Å². The zero-order valence-corrected chi connectivity index (χ0v) is 13.7. The lowest BCUT2D eigenvalue weighted by molar-refractivity contribution is 0.0693. The molecule has 5 heteroatoms. The molecule has 1 heterocycles. The van der Waals surface area contributed by atoms with Crippen LogP contribution in [0, 0.1) is 5.41 Å². The molecule has 0 saturated carbocycles. The fraction of sp³-hybridized carbons (Fsp3) is 0.625. The maximum absolute atomic E-state index is 12.3. The van der Waals surface area contributed by atoms with Crippen LogP contribution < -0.4 is 5.32 Å². The minimum atomic E-state index is -1.08. The molecule has 0 radical (unpaired) electrons. The average Bonchev–Trinajstić information content (AvgIpc) is 2.68. The maximum Gasteiger partial charge on any atom is 0.339 e. The van der Waals surface area contributed by atoms with Crippen LogP contribution >= 0.6 is 0 Å². The van der Waals surface area contributed by atoms with Crippen LogP contribution in [0.3, 0.4) is 0 Å². The van der Waals surface area contributed by atoms with E-state index in [4.69, 9.17) is 9.52 Å². The lowest BCUT2D eigenvalue weighted by atomic mass is 9.82. The van der Waals surface area contributed by atoms with E-state index in [0.29, 0.717) is 12.2 Å². The van der Waals surface area contributed by atoms with Gasteiger partial charge in [-0.15, -0.1) is 0 Å². The van der Waals surface area contributed by atoms with E-state index in [-0.39, 0.29) is 22.6 Å². The highest BCUT2D eigenvalue weighted by Crippen LogP contribution is 2.27. The number of hydrogen-bond donors (Lipinski definition) is 2. The van der Waals surface area contributed by atoms with Gasteiger partial charge in [0.25, 0.3) is 5.91 Å². The molecular formula is C16H25NO4. The van der Waals surface area contributed by atoms with E-state index in [1.165, 1.54) is 6.07 Å². The lowest BCUT2D eigenvalue weighted by Gasteiger charge is -2.33. The molecule has 0 aliphatic carbocycles. The number of carboxylic acid groups (broad SMARTS) is 1. The van der Waals surface area contributed by atoms with Crippen LogP contribution in [0.5, 0.6) is 0 Å². The smallest absolute Gasteiger partial charge is 0.339 e. The number of aromatic carboxylic acids is 1. The van der Waals surface area contributed by atoms with Crippen LogP contribution in [0.25, 0.3) is 0 Å². The molecule has 0 saturated heterocycles. The highest BCUT2D eigenvalue weighted by Gasteiger charge is 2.29. The summed E-state index contributed by atoms with van der Waals surface area (Å²) < 4.78 is 5.37. The molecule has 21 heavy (non-hydrogen) atoms. The zero-order valence-electron chi connectivity index (χ0n) is 13.7. The summed E-state index contributed by atoms with van der Waals surface area (Å²) in [5, 5.41) is 12.0. The number of carboxylic acids is 1. The monoisotopic (exact) mass is 295 g/mol. The third kappa shape index (κ3) is 4.92. The Hall–Kier alpha value is -1.78. The predicted octanol–water partition coefficient (Wildman–Crippen LogP) is 3.48. The minimum Gasteiger partial charge on any atom is -0.478 e. The maximum atomic E-state index is 12.3. The first-order valence-corrected chi connectivity index (χ1v) is 7.14. The molecular weight excluding hydrogens is 270 g/mol. The molecule has 1 aromatic rings. The Bertz CT molecular complexity index is 535. The highest BCUT2D eigenvalue weighted by atomic mass is 16.4. The third-order valence-electron chi connectivity index (χ3n) is 3.01. The van der Waals surface area contributed by atoms with Gasteiger partial charge in [0.05, 0.1) is 0 Å². The first-order chi connectivity index (χ1) is 9.45. The van der Waals surface area contributed by atoms with Crippen molar-refractivity contribution < 1.29 is 19.1 Å². The number of aryl methyl sites for hydroxylation is 1. The molecule has 5 nitrogen and oxygen atoms in total. The fourth-order valence-electron chi connectivity index (χ4n) is 2.72. The largest absolute Gasteiger partial charge is 0.478 e. The van der Waals surface area contributed by atoms with Gasteiger partial charge in [0.15, 0.2) is 5.76 Å². The van der Waals surface area contributed by atoms with Gasteiger partial charge in [-0.05, 0) is 25.7 Å². The lowest BCUT2D eigenvalue weighted by Crippen LogP contribution is -2.45. The number of furan rings is 1. The van der Waals surface area contributed by atoms with Gasteiger partial charge in [-0.1, -0.05) is 27.7 Å². The highest BCUT2D eigenvalue weighted by molar-refractivity contribution is 5.96. The molecule has 0 fully saturated rings. The second-order valence-corrected chi connectivity index (χ2v) is 7.18. The molecule has 0 spiro atoms. The number of carbonyl (C=O) groups is 2. The van der Waals surface area contributed by atoms with E-state index < -0.39 is 11.5 Å². The molecule has 0 aliphatic rings. The van der Waals surface area contributed by atoms with Crippen LogP contribution in [0.4, 0.5) is 0 Å². The molecule has 0 bridgehead atoms. The molecule has 1 rings (SSSR count). The van der Waals surface area contributed by atoms with Gasteiger partial charge in [0, 0.05) is 18.0 Å². The summed E-state index contributed by atoms with van der Waals surface area (Å²) in [4.78, 5) is 23.4. The van der Waals surface area contributed by atoms with E-state index >= 15 is 0 Å². The Morgan fingerprint density at radius 3 is 2.19 bits per heavy atom. The number of hydrogen-bond acceptors (Lipinski definition) is 3. The van der Waals surface area contributed by atoms with Crippen LogP contribution in [-0.4, -0.2) is 22.5 Å². The summed E-state index contributed by atoms with van der Waals surface area (Å²) in [5.74, 6) is -1.09. The predicted molar refractivity (Wildman–Crippen MR) is 80.7 cm³/mol. The Kier molecular flexibility index (Phi) is 4.87. The van der Waals surface area contributed by atoms with Crippen molar-refractivity contribution in [1.82, 2.24) is 5.32 Å². The third-order valence-corrected chi connectivity index (χ3v) is 3.01. The van der Waals surface area contributed by atoms with E-state index in [1.54, 1.807) is 6.92 Å². The van der Waals surface area contributed by atoms with Crippen LogP contribution in [0.2, 0.25) is 0 Å². The molecule has 0 aromatic carbocycles. The van der Waals surface area contributed by atoms with Gasteiger partial charge in [-0.25, -0.2) is 4.79 Å². The number of nitrogens with one attached hydrogen (secondary N) is 1. The van der Waals surface area contributed by atoms with Crippen molar-refractivity contribution in [2.24, 2.45) is 5.41 Å². The molecule has 118 valence electrons. The van der Waals surface area contributed by atoms with Gasteiger partial charge < -0.3 is 14.8 Å². The van der Waals surface area contributed by atoms with Crippen molar-refractivity contribution >= 4 is 11.9 Å². The van der Waals surface area contributed by atoms with Crippen LogP contribution in [0.1, 0.15) is 74.6 Å². The Morgan fingerprint density at radius 1 is 1.24 bits per heavy atom. The Balaban J connectivity index is 2.92. The zero-order chi connectivity index (χ0) is 16.4. The van der Waals surface area contributed by atoms with Crippen molar-refractivity contribution in [2.75, 3.05) is 0 Å². The molecule has 2 N–H and O–H groups in total. The second-order valence-electron chi connectivity index (χ2n) is 7.18. The van der Waals surface area contributed by atoms with E-state index in [1.807, 2.05) is 13.8 Å². The summed E-state index contributed by atoms with van der Waals surface area (Å²) in [5.41, 5.74) is -0.283. The van der Waals surface area contributed by atoms with Crippen molar-refractivity contribution in [1.29, 1.82) is 0 Å². The SMILES string of the molecule is CCc1oc(C(=O)NC(C)(C)CC(C)(C)C)cc1C(=O)O. The second kappa shape index (κ2) is 5.92. The number of rotatable bonds is 5. The normalized spacial score (nSPS) is 12.3. The van der Waals surface area contributed by atoms with Crippen molar-refractivity contribution in [3.8, 4) is 0 Å². The summed E-state index contributed by atoms with van der Waals surface area (Å²) in [6.07, 6.45) is 1.22. The molecule has 1 aromatic heterocycles. The van der Waals surface area contributed by atoms with Crippen molar-refractivity contribution in [3.05, 3.63) is 23.2 Å². The average molecular weight is 295 g/mol. The van der Waals surface area contributed by atoms with Gasteiger partial charge in [-0.2, -0.15) is 0 Å². The van der Waals surface area contributed by atoms with Crippen molar-refractivity contribution in [2.45, 2.75) is 59.9 Å². The van der Waals surface area contributed by atoms with Gasteiger partial charge in [0.1, 0.15) is 11.3 Å². The molecule has 0 unspecified atom stereocenters. The quantitative estimate of drug-likeness (QED) is 0.871. The Morgan fingerprint density at radius 2 is 1.81 bits per heavy atom. The molecule has 0 aliphatic heterocycles. The summed E-state index contributed by atoms with van der Waals surface area (Å²) >= 11 is 0. The van der Waals surface area contributed by atoms with E-state index in [2.05, 4.69) is 26.1 Å². The number of carbonyl (C=O) groups excluding carboxylic acids is 1. The van der Waals surface area contributed by atoms with Gasteiger partial charge in [-0.3, -0.25) is 4.79 Å². The Labute approximate surface area is 125 Å². The number of amides is 1. The van der Waals surface area contributed by atoms with Gasteiger partial charge in [0.2, 0.25) is 0 Å². The summed E-state index contributed by atoms with van der Waals surface area (Å²) in [6.45, 7) is 12.0. The van der Waals surface area contributed by atoms with E-state index in [0.717, 1.165) is 6.42 Å². The summed E-state index contributed by atoms with van der Waals surface area (Å²) in [6, 6.07) is 1.30. The van der Waals surface area contributed by atoms with E-state index in [9.17, 15) is 9.59 Å². The topological polar surface area (TPSA) is 79.5 Å². The molecule has 0 atom stereocenters.